The fourth-order valence-electron chi connectivity index (χ4n) is 3.58. The second-order valence-corrected chi connectivity index (χ2v) is 9.67. The minimum Gasteiger partial charge on any atom is -0.317 e. The summed E-state index contributed by atoms with van der Waals surface area (Å²) < 4.78 is 2.24. The van der Waals surface area contributed by atoms with Gasteiger partial charge in [0, 0.05) is 15.7 Å². The summed E-state index contributed by atoms with van der Waals surface area (Å²) in [6.07, 6.45) is 5.33. The smallest absolute Gasteiger partial charge is 0.262 e. The van der Waals surface area contributed by atoms with Crippen LogP contribution >= 0.6 is 61.1 Å². The van der Waals surface area contributed by atoms with Crippen LogP contribution < -0.4 is 0 Å². The zero-order valence-corrected chi connectivity index (χ0v) is 20.4. The van der Waals surface area contributed by atoms with Gasteiger partial charge in [0.05, 0.1) is 8.06 Å². The fraction of sp³-hybridized carbons (Fsp3) is 0.0909. The molecule has 2 aliphatic rings. The molecular formula is C22H14BrI2NO2. The van der Waals surface area contributed by atoms with Crippen molar-refractivity contribution in [2.45, 2.75) is 12.1 Å². The van der Waals surface area contributed by atoms with E-state index in [9.17, 15) is 9.59 Å². The molecule has 0 N–H and O–H groups in total. The third-order valence-electron chi connectivity index (χ3n) is 4.92. The van der Waals surface area contributed by atoms with Gasteiger partial charge in [0.1, 0.15) is 5.54 Å². The predicted molar refractivity (Wildman–Crippen MR) is 131 cm³/mol. The molecule has 2 aromatic rings. The van der Waals surface area contributed by atoms with E-state index < -0.39 is 5.54 Å². The molecule has 1 heterocycles. The van der Waals surface area contributed by atoms with E-state index in [4.69, 9.17) is 0 Å². The molecule has 4 rings (SSSR count). The largest absolute Gasteiger partial charge is 0.317 e. The van der Waals surface area contributed by atoms with Crippen LogP contribution in [-0.2, 0) is 16.1 Å². The highest BCUT2D eigenvalue weighted by atomic mass is 127. The first kappa shape index (κ1) is 20.0. The third kappa shape index (κ3) is 3.33. The second-order valence-electron chi connectivity index (χ2n) is 6.55. The number of rotatable bonds is 3. The second kappa shape index (κ2) is 7.87. The highest BCUT2D eigenvalue weighted by molar-refractivity contribution is 14.1. The number of hydrogen-bond acceptors (Lipinski definition) is 2. The van der Waals surface area contributed by atoms with Crippen molar-refractivity contribution in [2.75, 3.05) is 0 Å². The van der Waals surface area contributed by atoms with Gasteiger partial charge in [-0.15, -0.1) is 0 Å². The summed E-state index contributed by atoms with van der Waals surface area (Å²) in [7, 11) is 0. The standard InChI is InChI=1S/C22H14BrI2NO2/c23-20-19(14-6-2-1-3-7-14)22(11-10-18(27)17(25)12-22)26(21(20)28)13-15-8-4-5-9-16(15)24/h1-12H,13H2. The Bertz CT molecular complexity index is 1070. The molecule has 0 radical (unpaired) electrons. The summed E-state index contributed by atoms with van der Waals surface area (Å²) >= 11 is 7.91. The quantitative estimate of drug-likeness (QED) is 0.401. The maximum atomic E-state index is 13.3. The lowest BCUT2D eigenvalue weighted by molar-refractivity contribution is -0.127. The molecule has 1 amide bonds. The Hall–Kier alpha value is -1.26. The van der Waals surface area contributed by atoms with E-state index in [0.717, 1.165) is 20.3 Å². The molecule has 1 unspecified atom stereocenters. The van der Waals surface area contributed by atoms with E-state index in [0.29, 0.717) is 14.6 Å². The van der Waals surface area contributed by atoms with Crippen LogP contribution in [0.3, 0.4) is 0 Å². The van der Waals surface area contributed by atoms with Crippen molar-refractivity contribution in [2.24, 2.45) is 0 Å². The molecule has 2 aromatic carbocycles. The van der Waals surface area contributed by atoms with Crippen LogP contribution in [0.1, 0.15) is 11.1 Å². The topological polar surface area (TPSA) is 37.4 Å². The van der Waals surface area contributed by atoms with Gasteiger partial charge in [-0.1, -0.05) is 48.5 Å². The first-order valence-electron chi connectivity index (χ1n) is 8.57. The number of ketones is 1. The van der Waals surface area contributed by atoms with Crippen molar-refractivity contribution in [1.82, 2.24) is 4.90 Å². The lowest BCUT2D eigenvalue weighted by Crippen LogP contribution is -2.46. The Balaban J connectivity index is 1.90. The van der Waals surface area contributed by atoms with E-state index in [2.05, 4.69) is 61.1 Å². The molecule has 0 fully saturated rings. The van der Waals surface area contributed by atoms with Gasteiger partial charge in [-0.2, -0.15) is 0 Å². The maximum Gasteiger partial charge on any atom is 0.262 e. The summed E-state index contributed by atoms with van der Waals surface area (Å²) in [6, 6.07) is 17.9. The monoisotopic (exact) mass is 657 g/mol. The van der Waals surface area contributed by atoms with Crippen molar-refractivity contribution >= 4 is 78.4 Å². The molecule has 140 valence electrons. The minimum atomic E-state index is -0.805. The Morgan fingerprint density at radius 1 is 0.964 bits per heavy atom. The number of carbonyl (C=O) groups excluding carboxylic acids is 2. The van der Waals surface area contributed by atoms with Crippen LogP contribution in [0.2, 0.25) is 0 Å². The first-order chi connectivity index (χ1) is 13.4. The maximum absolute atomic E-state index is 13.3. The zero-order chi connectivity index (χ0) is 19.9. The molecule has 1 atom stereocenters. The number of allylic oxidation sites excluding steroid dienone is 2. The van der Waals surface area contributed by atoms with Crippen LogP contribution in [-0.4, -0.2) is 22.1 Å². The average Bonchev–Trinajstić information content (AvgIpc) is 2.89. The molecule has 0 saturated heterocycles. The van der Waals surface area contributed by atoms with Crippen LogP contribution in [0, 0.1) is 3.57 Å². The van der Waals surface area contributed by atoms with Gasteiger partial charge in [0.25, 0.3) is 5.91 Å². The van der Waals surface area contributed by atoms with Gasteiger partial charge in [-0.05, 0) is 96.5 Å². The van der Waals surface area contributed by atoms with E-state index in [-0.39, 0.29) is 11.7 Å². The van der Waals surface area contributed by atoms with Gasteiger partial charge in [0.15, 0.2) is 5.78 Å². The number of benzene rings is 2. The Kier molecular flexibility index (Phi) is 5.63. The average molecular weight is 658 g/mol. The van der Waals surface area contributed by atoms with E-state index >= 15 is 0 Å². The highest BCUT2D eigenvalue weighted by Crippen LogP contribution is 2.49. The van der Waals surface area contributed by atoms with Crippen LogP contribution in [0.4, 0.5) is 0 Å². The van der Waals surface area contributed by atoms with Crippen molar-refractivity contribution in [3.05, 3.63) is 95.6 Å². The summed E-state index contributed by atoms with van der Waals surface area (Å²) in [5, 5.41) is 0. The predicted octanol–water partition coefficient (Wildman–Crippen LogP) is 5.64. The summed E-state index contributed by atoms with van der Waals surface area (Å²) in [5.74, 6) is -0.124. The number of carbonyl (C=O) groups is 2. The molecule has 0 bridgehead atoms. The molecule has 0 aromatic heterocycles. The SMILES string of the molecule is O=C1C=CC2(C=C1I)C(c1ccccc1)=C(Br)C(=O)N2Cc1ccccc1I. The van der Waals surface area contributed by atoms with Crippen LogP contribution in [0.5, 0.6) is 0 Å². The third-order valence-corrected chi connectivity index (χ3v) is 7.55. The number of hydrogen-bond donors (Lipinski definition) is 0. The molecule has 1 spiro atoms. The number of nitrogens with zero attached hydrogens (tertiary/aromatic N) is 1. The Labute approximate surface area is 199 Å². The van der Waals surface area contributed by atoms with Crippen molar-refractivity contribution in [3.63, 3.8) is 0 Å². The molecule has 3 nitrogen and oxygen atoms in total. The van der Waals surface area contributed by atoms with Gasteiger partial charge in [0.2, 0.25) is 0 Å². The van der Waals surface area contributed by atoms with E-state index in [1.807, 2.05) is 71.6 Å². The Morgan fingerprint density at radius 2 is 1.64 bits per heavy atom. The highest BCUT2D eigenvalue weighted by Gasteiger charge is 2.50. The zero-order valence-electron chi connectivity index (χ0n) is 14.5. The van der Waals surface area contributed by atoms with E-state index in [1.165, 1.54) is 0 Å². The lowest BCUT2D eigenvalue weighted by atomic mass is 9.82. The van der Waals surface area contributed by atoms with E-state index in [1.54, 1.807) is 6.08 Å². The Morgan fingerprint density at radius 3 is 2.32 bits per heavy atom. The van der Waals surface area contributed by atoms with Gasteiger partial charge < -0.3 is 4.90 Å². The summed E-state index contributed by atoms with van der Waals surface area (Å²) in [4.78, 5) is 27.3. The summed E-state index contributed by atoms with van der Waals surface area (Å²) in [5.41, 5.74) is 2.08. The van der Waals surface area contributed by atoms with Crippen molar-refractivity contribution < 1.29 is 9.59 Å². The van der Waals surface area contributed by atoms with Crippen molar-refractivity contribution in [3.8, 4) is 0 Å². The van der Waals surface area contributed by atoms with Gasteiger partial charge in [-0.25, -0.2) is 0 Å². The van der Waals surface area contributed by atoms with Crippen molar-refractivity contribution in [1.29, 1.82) is 0 Å². The number of halogens is 3. The van der Waals surface area contributed by atoms with Gasteiger partial charge >= 0.3 is 0 Å². The minimum absolute atomic E-state index is 0.0386. The number of amides is 1. The molecule has 28 heavy (non-hydrogen) atoms. The van der Waals surface area contributed by atoms with Crippen LogP contribution in [0.25, 0.3) is 5.57 Å². The molecule has 6 heteroatoms. The molecule has 1 aliphatic carbocycles. The van der Waals surface area contributed by atoms with Crippen LogP contribution in [0.15, 0.2) is 80.9 Å². The molecular weight excluding hydrogens is 644 g/mol. The normalized spacial score (nSPS) is 21.7. The fourth-order valence-corrected chi connectivity index (χ4v) is 5.56. The molecule has 1 aliphatic heterocycles. The first-order valence-corrected chi connectivity index (χ1v) is 11.5. The van der Waals surface area contributed by atoms with Gasteiger partial charge in [-0.3, -0.25) is 9.59 Å². The molecule has 0 saturated carbocycles. The summed E-state index contributed by atoms with van der Waals surface area (Å²) in [6.45, 7) is 0.447. The lowest BCUT2D eigenvalue weighted by Gasteiger charge is -2.38.